The van der Waals surface area contributed by atoms with Gasteiger partial charge in [0.25, 0.3) is 0 Å². The number of hydrogen-bond acceptors (Lipinski definition) is 6. The Hall–Kier alpha value is -2.25. The standard InChI is InChI=1S/C18H16N2O3S2/c1-11(24-12-5-3-2-4-6-12)17(21)20-18-19-13-9-14-15(10-16(13)25-18)23-8-7-22-14/h2-6,9-11H,7-8H2,1H3,(H,19,20,21). The molecular weight excluding hydrogens is 356 g/mol. The Morgan fingerprint density at radius 1 is 1.20 bits per heavy atom. The Labute approximate surface area is 153 Å². The van der Waals surface area contributed by atoms with Crippen molar-refractivity contribution in [3.8, 4) is 11.5 Å². The second-order valence-corrected chi connectivity index (χ2v) is 7.99. The van der Waals surface area contributed by atoms with Gasteiger partial charge >= 0.3 is 0 Å². The van der Waals surface area contributed by atoms with Gasteiger partial charge in [0, 0.05) is 17.0 Å². The molecule has 3 aromatic rings. The SMILES string of the molecule is CC(Sc1ccccc1)C(=O)Nc1nc2cc3c(cc2s1)OCCO3. The van der Waals surface area contributed by atoms with Gasteiger partial charge in [0.15, 0.2) is 16.6 Å². The van der Waals surface area contributed by atoms with Crippen LogP contribution in [0, 0.1) is 0 Å². The number of benzene rings is 2. The number of ether oxygens (including phenoxy) is 2. The van der Waals surface area contributed by atoms with Gasteiger partial charge in [-0.2, -0.15) is 0 Å². The number of thiazole rings is 1. The van der Waals surface area contributed by atoms with Crippen molar-refractivity contribution >= 4 is 44.4 Å². The zero-order valence-electron chi connectivity index (χ0n) is 13.5. The largest absolute Gasteiger partial charge is 0.486 e. The average molecular weight is 372 g/mol. The second kappa shape index (κ2) is 6.93. The van der Waals surface area contributed by atoms with Gasteiger partial charge in [-0.15, -0.1) is 11.8 Å². The minimum Gasteiger partial charge on any atom is -0.486 e. The first-order chi connectivity index (χ1) is 12.2. The fourth-order valence-electron chi connectivity index (χ4n) is 2.48. The number of rotatable bonds is 4. The van der Waals surface area contributed by atoms with Gasteiger partial charge in [-0.25, -0.2) is 4.98 Å². The average Bonchev–Trinajstić information content (AvgIpc) is 3.01. The molecule has 0 saturated carbocycles. The number of carbonyl (C=O) groups excluding carboxylic acids is 1. The van der Waals surface area contributed by atoms with Crippen LogP contribution in [0.5, 0.6) is 11.5 Å². The van der Waals surface area contributed by atoms with Crippen LogP contribution in [0.15, 0.2) is 47.4 Å². The van der Waals surface area contributed by atoms with Gasteiger partial charge in [-0.1, -0.05) is 29.5 Å². The van der Waals surface area contributed by atoms with Crippen molar-refractivity contribution in [2.45, 2.75) is 17.1 Å². The van der Waals surface area contributed by atoms with Crippen molar-refractivity contribution < 1.29 is 14.3 Å². The summed E-state index contributed by atoms with van der Waals surface area (Å²) in [6, 6.07) is 13.7. The molecule has 128 valence electrons. The molecule has 2 aromatic carbocycles. The minimum absolute atomic E-state index is 0.0647. The van der Waals surface area contributed by atoms with Crippen molar-refractivity contribution in [1.29, 1.82) is 0 Å². The van der Waals surface area contributed by atoms with Gasteiger partial charge in [0.05, 0.1) is 15.5 Å². The van der Waals surface area contributed by atoms with Gasteiger partial charge in [-0.05, 0) is 19.1 Å². The summed E-state index contributed by atoms with van der Waals surface area (Å²) in [5.41, 5.74) is 0.799. The van der Waals surface area contributed by atoms with E-state index in [2.05, 4.69) is 10.3 Å². The monoisotopic (exact) mass is 372 g/mol. The molecule has 7 heteroatoms. The van der Waals surface area contributed by atoms with E-state index in [9.17, 15) is 4.79 Å². The van der Waals surface area contributed by atoms with Crippen molar-refractivity contribution in [3.63, 3.8) is 0 Å². The fourth-order valence-corrected chi connectivity index (χ4v) is 4.25. The summed E-state index contributed by atoms with van der Waals surface area (Å²) < 4.78 is 12.1. The first kappa shape index (κ1) is 16.2. The Morgan fingerprint density at radius 2 is 1.92 bits per heavy atom. The van der Waals surface area contributed by atoms with Crippen LogP contribution in [0.25, 0.3) is 10.2 Å². The molecule has 0 spiro atoms. The zero-order chi connectivity index (χ0) is 17.2. The van der Waals surface area contributed by atoms with Gasteiger partial charge in [-0.3, -0.25) is 4.79 Å². The highest BCUT2D eigenvalue weighted by molar-refractivity contribution is 8.00. The number of carbonyl (C=O) groups is 1. The predicted molar refractivity (Wildman–Crippen MR) is 101 cm³/mol. The molecule has 0 bridgehead atoms. The number of thioether (sulfide) groups is 1. The minimum atomic E-state index is -0.214. The van der Waals surface area contributed by atoms with E-state index >= 15 is 0 Å². The quantitative estimate of drug-likeness (QED) is 0.696. The summed E-state index contributed by atoms with van der Waals surface area (Å²) >= 11 is 2.96. The molecule has 0 fully saturated rings. The van der Waals surface area contributed by atoms with E-state index in [0.29, 0.717) is 24.1 Å². The Morgan fingerprint density at radius 3 is 2.68 bits per heavy atom. The zero-order valence-corrected chi connectivity index (χ0v) is 15.2. The summed E-state index contributed by atoms with van der Waals surface area (Å²) in [7, 11) is 0. The molecule has 4 rings (SSSR count). The summed E-state index contributed by atoms with van der Waals surface area (Å²) in [5.74, 6) is 1.37. The highest BCUT2D eigenvalue weighted by Crippen LogP contribution is 2.38. The lowest BCUT2D eigenvalue weighted by atomic mass is 10.3. The van der Waals surface area contributed by atoms with Crippen molar-refractivity contribution in [3.05, 3.63) is 42.5 Å². The smallest absolute Gasteiger partial charge is 0.239 e. The van der Waals surface area contributed by atoms with Crippen molar-refractivity contribution in [2.75, 3.05) is 18.5 Å². The molecule has 1 N–H and O–H groups in total. The number of hydrogen-bond donors (Lipinski definition) is 1. The summed E-state index contributed by atoms with van der Waals surface area (Å²) in [4.78, 5) is 18.0. The summed E-state index contributed by atoms with van der Waals surface area (Å²) in [6.45, 7) is 2.98. The van der Waals surface area contributed by atoms with Gasteiger partial charge in [0.1, 0.15) is 13.2 Å². The van der Waals surface area contributed by atoms with E-state index in [1.165, 1.54) is 23.1 Å². The normalized spacial score (nSPS) is 14.3. The highest BCUT2D eigenvalue weighted by Gasteiger charge is 2.18. The van der Waals surface area contributed by atoms with Crippen LogP contribution in [0.3, 0.4) is 0 Å². The lowest BCUT2D eigenvalue weighted by Gasteiger charge is -2.17. The summed E-state index contributed by atoms with van der Waals surface area (Å²) in [5, 5.41) is 3.28. The van der Waals surface area contributed by atoms with E-state index in [1.54, 1.807) is 0 Å². The number of anilines is 1. The van der Waals surface area contributed by atoms with Crippen molar-refractivity contribution in [2.24, 2.45) is 0 Å². The number of nitrogens with zero attached hydrogens (tertiary/aromatic N) is 1. The van der Waals surface area contributed by atoms with Crippen molar-refractivity contribution in [1.82, 2.24) is 4.98 Å². The predicted octanol–water partition coefficient (Wildman–Crippen LogP) is 4.19. The maximum absolute atomic E-state index is 12.4. The van der Waals surface area contributed by atoms with Crippen LogP contribution < -0.4 is 14.8 Å². The molecule has 1 aromatic heterocycles. The fraction of sp³-hybridized carbons (Fsp3) is 0.222. The van der Waals surface area contributed by atoms with Crippen LogP contribution in [-0.2, 0) is 4.79 Å². The number of amides is 1. The van der Waals surface area contributed by atoms with E-state index in [1.807, 2.05) is 49.4 Å². The topological polar surface area (TPSA) is 60.5 Å². The van der Waals surface area contributed by atoms with Crippen LogP contribution >= 0.6 is 23.1 Å². The van der Waals surface area contributed by atoms with Crippen LogP contribution in [-0.4, -0.2) is 29.4 Å². The molecule has 25 heavy (non-hydrogen) atoms. The Balaban J connectivity index is 1.49. The first-order valence-electron chi connectivity index (χ1n) is 7.92. The Bertz CT molecular complexity index is 868. The third-order valence-electron chi connectivity index (χ3n) is 3.71. The molecule has 1 aliphatic rings. The van der Waals surface area contributed by atoms with E-state index < -0.39 is 0 Å². The summed E-state index contributed by atoms with van der Waals surface area (Å²) in [6.07, 6.45) is 0. The lowest BCUT2D eigenvalue weighted by Crippen LogP contribution is -2.22. The molecule has 2 heterocycles. The third-order valence-corrected chi connectivity index (χ3v) is 5.75. The molecule has 0 saturated heterocycles. The Kier molecular flexibility index (Phi) is 4.50. The molecule has 0 radical (unpaired) electrons. The third kappa shape index (κ3) is 3.57. The molecular formula is C18H16N2O3S2. The van der Waals surface area contributed by atoms with E-state index in [-0.39, 0.29) is 11.2 Å². The molecule has 1 atom stereocenters. The van der Waals surface area contributed by atoms with Gasteiger partial charge < -0.3 is 14.8 Å². The number of fused-ring (bicyclic) bond motifs is 2. The highest BCUT2D eigenvalue weighted by atomic mass is 32.2. The maximum Gasteiger partial charge on any atom is 0.239 e. The van der Waals surface area contributed by atoms with Crippen LogP contribution in [0.4, 0.5) is 5.13 Å². The molecule has 1 unspecified atom stereocenters. The number of aromatic nitrogens is 1. The number of nitrogens with one attached hydrogen (secondary N) is 1. The molecule has 5 nitrogen and oxygen atoms in total. The van der Waals surface area contributed by atoms with Gasteiger partial charge in [0.2, 0.25) is 5.91 Å². The second-order valence-electron chi connectivity index (χ2n) is 5.54. The van der Waals surface area contributed by atoms with Crippen LogP contribution in [0.1, 0.15) is 6.92 Å². The molecule has 1 aliphatic heterocycles. The molecule has 1 amide bonds. The maximum atomic E-state index is 12.4. The lowest BCUT2D eigenvalue weighted by molar-refractivity contribution is -0.115. The molecule has 0 aliphatic carbocycles. The van der Waals surface area contributed by atoms with Crippen LogP contribution in [0.2, 0.25) is 0 Å². The van der Waals surface area contributed by atoms with E-state index in [4.69, 9.17) is 9.47 Å². The van der Waals surface area contributed by atoms with E-state index in [0.717, 1.165) is 20.9 Å². The first-order valence-corrected chi connectivity index (χ1v) is 9.61.